The number of hydrogen-bond donors (Lipinski definition) is 0. The van der Waals surface area contributed by atoms with Crippen molar-refractivity contribution >= 4 is 53.1 Å². The Bertz CT molecular complexity index is 1870. The molecule has 7 rings (SSSR count). The Kier molecular flexibility index (Phi) is 4.89. The quantitative estimate of drug-likeness (QED) is 0.231. The molecule has 4 aromatic carbocycles. The van der Waals surface area contributed by atoms with Crippen molar-refractivity contribution < 1.29 is 0 Å². The molecule has 0 N–H and O–H groups in total. The van der Waals surface area contributed by atoms with Gasteiger partial charge in [0.25, 0.3) is 0 Å². The van der Waals surface area contributed by atoms with Crippen molar-refractivity contribution in [2.75, 3.05) is 0 Å². The third-order valence-electron chi connectivity index (χ3n) is 8.93. The third kappa shape index (κ3) is 3.45. The largest absolute Gasteiger partial charge is 0.256 e. The van der Waals surface area contributed by atoms with Gasteiger partial charge in [-0.2, -0.15) is 0 Å². The van der Waals surface area contributed by atoms with Crippen molar-refractivity contribution in [1.82, 2.24) is 4.98 Å². The van der Waals surface area contributed by atoms with Gasteiger partial charge in [-0.05, 0) is 105 Å². The van der Waals surface area contributed by atoms with Crippen LogP contribution < -0.4 is 0 Å². The van der Waals surface area contributed by atoms with Crippen LogP contribution >= 0.6 is 11.3 Å². The molecule has 37 heavy (non-hydrogen) atoms. The van der Waals surface area contributed by atoms with Crippen LogP contribution in [0.15, 0.2) is 72.9 Å². The lowest BCUT2D eigenvalue weighted by Crippen LogP contribution is -2.33. The van der Waals surface area contributed by atoms with Gasteiger partial charge in [-0.1, -0.05) is 58.9 Å². The molecule has 0 atom stereocenters. The topological polar surface area (TPSA) is 12.9 Å². The van der Waals surface area contributed by atoms with Crippen LogP contribution in [0.1, 0.15) is 64.2 Å². The molecule has 2 aromatic heterocycles. The minimum atomic E-state index is 0.207. The van der Waals surface area contributed by atoms with Crippen LogP contribution in [0.2, 0.25) is 0 Å². The first kappa shape index (κ1) is 22.9. The summed E-state index contributed by atoms with van der Waals surface area (Å²) in [6.45, 7) is 11.9. The van der Waals surface area contributed by atoms with Gasteiger partial charge in [-0.15, -0.1) is 11.3 Å². The molecular formula is C35H33NS. The number of aryl methyl sites for hydroxylation is 1. The maximum atomic E-state index is 4.95. The summed E-state index contributed by atoms with van der Waals surface area (Å²) in [7, 11) is 0. The van der Waals surface area contributed by atoms with Crippen LogP contribution in [0.4, 0.5) is 0 Å². The summed E-state index contributed by atoms with van der Waals surface area (Å²) in [6.07, 6.45) is 5.46. The molecule has 0 bridgehead atoms. The SMILES string of the molecule is CCc1cc(-c2nccc3cc4sc5cc6c(cc5c4cc23)C(C)(C)CCC6(C)C)cc2ccccc12. The van der Waals surface area contributed by atoms with E-state index < -0.39 is 0 Å². The zero-order chi connectivity index (χ0) is 25.5. The van der Waals surface area contributed by atoms with Crippen molar-refractivity contribution in [2.24, 2.45) is 0 Å². The van der Waals surface area contributed by atoms with Gasteiger partial charge in [-0.25, -0.2) is 0 Å². The van der Waals surface area contributed by atoms with Gasteiger partial charge in [-0.3, -0.25) is 4.98 Å². The van der Waals surface area contributed by atoms with Gasteiger partial charge in [0.2, 0.25) is 0 Å². The second-order valence-electron chi connectivity index (χ2n) is 12.2. The zero-order valence-corrected chi connectivity index (χ0v) is 23.2. The van der Waals surface area contributed by atoms with Crippen LogP contribution in [0.3, 0.4) is 0 Å². The van der Waals surface area contributed by atoms with Crippen molar-refractivity contribution in [3.8, 4) is 11.3 Å². The number of hydrogen-bond acceptors (Lipinski definition) is 2. The molecule has 0 amide bonds. The predicted octanol–water partition coefficient (Wildman–Crippen LogP) is 10.3. The summed E-state index contributed by atoms with van der Waals surface area (Å²) in [6, 6.07) is 25.4. The van der Waals surface area contributed by atoms with E-state index in [9.17, 15) is 0 Å². The molecule has 1 aliphatic carbocycles. The molecule has 0 spiro atoms. The number of aromatic nitrogens is 1. The fourth-order valence-electron chi connectivity index (χ4n) is 6.55. The molecule has 0 saturated carbocycles. The highest BCUT2D eigenvalue weighted by molar-refractivity contribution is 7.25. The first-order valence-electron chi connectivity index (χ1n) is 13.6. The Labute approximate surface area is 223 Å². The molecule has 2 heteroatoms. The monoisotopic (exact) mass is 499 g/mol. The highest BCUT2D eigenvalue weighted by Crippen LogP contribution is 2.49. The number of fused-ring (bicyclic) bond motifs is 6. The van der Waals surface area contributed by atoms with Gasteiger partial charge in [0.1, 0.15) is 0 Å². The van der Waals surface area contributed by atoms with E-state index >= 15 is 0 Å². The molecule has 0 saturated heterocycles. The van der Waals surface area contributed by atoms with Crippen LogP contribution in [-0.4, -0.2) is 4.98 Å². The second kappa shape index (κ2) is 7.88. The van der Waals surface area contributed by atoms with E-state index in [4.69, 9.17) is 4.98 Å². The van der Waals surface area contributed by atoms with Crippen molar-refractivity contribution in [3.05, 3.63) is 89.6 Å². The Morgan fingerprint density at radius 1 is 0.703 bits per heavy atom. The van der Waals surface area contributed by atoms with Crippen LogP contribution in [0.5, 0.6) is 0 Å². The molecule has 0 unspecified atom stereocenters. The fourth-order valence-corrected chi connectivity index (χ4v) is 7.71. The van der Waals surface area contributed by atoms with E-state index in [1.54, 1.807) is 0 Å². The Morgan fingerprint density at radius 2 is 1.38 bits per heavy atom. The van der Waals surface area contributed by atoms with E-state index in [1.807, 2.05) is 17.5 Å². The number of nitrogens with zero attached hydrogens (tertiary/aromatic N) is 1. The Balaban J connectivity index is 1.51. The molecule has 6 aromatic rings. The van der Waals surface area contributed by atoms with E-state index in [1.165, 1.54) is 76.8 Å². The number of rotatable bonds is 2. The summed E-state index contributed by atoms with van der Waals surface area (Å²) in [5.41, 5.74) is 7.18. The molecule has 0 radical (unpaired) electrons. The molecule has 0 aliphatic heterocycles. The number of benzene rings is 4. The first-order chi connectivity index (χ1) is 17.7. The van der Waals surface area contributed by atoms with Gasteiger partial charge in [0.05, 0.1) is 5.69 Å². The summed E-state index contributed by atoms with van der Waals surface area (Å²) in [5.74, 6) is 0. The van der Waals surface area contributed by atoms with Crippen LogP contribution in [0.25, 0.3) is 53.0 Å². The molecule has 2 heterocycles. The van der Waals surface area contributed by atoms with Crippen molar-refractivity contribution in [1.29, 1.82) is 0 Å². The summed E-state index contributed by atoms with van der Waals surface area (Å²) >= 11 is 1.94. The third-order valence-corrected chi connectivity index (χ3v) is 10.0. The molecule has 1 aliphatic rings. The highest BCUT2D eigenvalue weighted by atomic mass is 32.1. The number of thiophene rings is 1. The normalized spacial score (nSPS) is 16.6. The lowest BCUT2D eigenvalue weighted by atomic mass is 9.63. The van der Waals surface area contributed by atoms with E-state index in [0.717, 1.165) is 12.1 Å². The van der Waals surface area contributed by atoms with E-state index in [-0.39, 0.29) is 10.8 Å². The average Bonchev–Trinajstić information content (AvgIpc) is 3.25. The lowest BCUT2D eigenvalue weighted by molar-refractivity contribution is 0.332. The maximum Gasteiger partial charge on any atom is 0.0780 e. The maximum absolute atomic E-state index is 4.95. The van der Waals surface area contributed by atoms with E-state index in [2.05, 4.69) is 101 Å². The first-order valence-corrected chi connectivity index (χ1v) is 14.4. The van der Waals surface area contributed by atoms with Crippen molar-refractivity contribution in [2.45, 2.75) is 64.7 Å². The Morgan fingerprint density at radius 3 is 2.16 bits per heavy atom. The zero-order valence-electron chi connectivity index (χ0n) is 22.4. The van der Waals surface area contributed by atoms with Gasteiger partial charge >= 0.3 is 0 Å². The summed E-state index contributed by atoms with van der Waals surface area (Å²) < 4.78 is 2.77. The van der Waals surface area contributed by atoms with Crippen molar-refractivity contribution in [3.63, 3.8) is 0 Å². The van der Waals surface area contributed by atoms with Crippen LogP contribution in [-0.2, 0) is 17.3 Å². The Hall–Kier alpha value is -3.23. The van der Waals surface area contributed by atoms with Gasteiger partial charge < -0.3 is 0 Å². The lowest BCUT2D eigenvalue weighted by Gasteiger charge is -2.41. The highest BCUT2D eigenvalue weighted by Gasteiger charge is 2.37. The van der Waals surface area contributed by atoms with Gasteiger partial charge in [0.15, 0.2) is 0 Å². The smallest absolute Gasteiger partial charge is 0.0780 e. The molecular weight excluding hydrogens is 466 g/mol. The summed E-state index contributed by atoms with van der Waals surface area (Å²) in [5, 5.41) is 7.89. The van der Waals surface area contributed by atoms with E-state index in [0.29, 0.717) is 0 Å². The van der Waals surface area contributed by atoms with Gasteiger partial charge in [0, 0.05) is 37.3 Å². The standard InChI is InChI=1S/C35H33NS/c1-6-21-15-24(16-22-9-7-8-10-25(21)22)33-26-18-27-28-19-29-30(35(4,5)13-12-34(29,2)3)20-32(28)37-31(27)17-23(26)11-14-36-33/h7-11,14-20H,6,12-13H2,1-5H3. The fraction of sp³-hybridized carbons (Fsp3) is 0.286. The average molecular weight is 500 g/mol. The number of pyridine rings is 1. The predicted molar refractivity (Wildman–Crippen MR) is 162 cm³/mol. The molecule has 1 nitrogen and oxygen atoms in total. The van der Waals surface area contributed by atoms with Crippen LogP contribution in [0, 0.1) is 0 Å². The molecule has 0 fully saturated rings. The molecule has 184 valence electrons. The minimum Gasteiger partial charge on any atom is -0.256 e. The second-order valence-corrected chi connectivity index (χ2v) is 13.3. The minimum absolute atomic E-state index is 0.207. The summed E-state index contributed by atoms with van der Waals surface area (Å²) in [4.78, 5) is 4.95.